The molecule has 2 atom stereocenters. The van der Waals surface area contributed by atoms with Crippen LogP contribution in [0.25, 0.3) is 0 Å². The van der Waals surface area contributed by atoms with Gasteiger partial charge in [0.1, 0.15) is 0 Å². The van der Waals surface area contributed by atoms with Crippen molar-refractivity contribution in [2.24, 2.45) is 11.3 Å². The fourth-order valence-corrected chi connectivity index (χ4v) is 3.54. The van der Waals surface area contributed by atoms with Crippen LogP contribution in [0.5, 0.6) is 0 Å². The third-order valence-electron chi connectivity index (χ3n) is 4.49. The Morgan fingerprint density at radius 2 is 1.85 bits per heavy atom. The Bertz CT molecular complexity index is 426. The van der Waals surface area contributed by atoms with Crippen LogP contribution < -0.4 is 0 Å². The van der Waals surface area contributed by atoms with Gasteiger partial charge in [-0.1, -0.05) is 58.4 Å². The van der Waals surface area contributed by atoms with Gasteiger partial charge in [-0.15, -0.1) is 0 Å². The van der Waals surface area contributed by atoms with Crippen LogP contribution in [-0.4, -0.2) is 5.11 Å². The maximum Gasteiger partial charge on any atom is 0.0795 e. The number of rotatable bonds is 5. The molecule has 1 aliphatic carbocycles. The molecule has 1 aromatic rings. The van der Waals surface area contributed by atoms with Crippen LogP contribution in [0.3, 0.4) is 0 Å². The predicted octanol–water partition coefficient (Wildman–Crippen LogP) is 5.45. The van der Waals surface area contributed by atoms with Crippen LogP contribution in [0.15, 0.2) is 24.3 Å². The monoisotopic (exact) mass is 274 g/mol. The van der Waals surface area contributed by atoms with Crippen molar-refractivity contribution in [3.8, 4) is 0 Å². The van der Waals surface area contributed by atoms with Crippen LogP contribution >= 0.6 is 0 Å². The third kappa shape index (κ3) is 4.09. The normalized spacial score (nSPS) is 19.4. The highest BCUT2D eigenvalue weighted by atomic mass is 16.3. The molecule has 0 aliphatic heterocycles. The van der Waals surface area contributed by atoms with E-state index in [0.717, 1.165) is 12.8 Å². The molecule has 1 nitrogen and oxygen atoms in total. The summed E-state index contributed by atoms with van der Waals surface area (Å²) in [4.78, 5) is 0. The molecule has 1 aliphatic rings. The van der Waals surface area contributed by atoms with Crippen molar-refractivity contribution in [3.05, 3.63) is 35.4 Å². The molecule has 2 rings (SSSR count). The number of hydrogen-bond donors (Lipinski definition) is 1. The summed E-state index contributed by atoms with van der Waals surface area (Å²) in [6.45, 7) is 9.09. The molecule has 0 heterocycles. The first-order chi connectivity index (χ1) is 9.37. The highest BCUT2D eigenvalue weighted by Crippen LogP contribution is 2.40. The van der Waals surface area contributed by atoms with Crippen LogP contribution in [0.2, 0.25) is 0 Å². The minimum atomic E-state index is -0.302. The van der Waals surface area contributed by atoms with E-state index < -0.39 is 0 Å². The van der Waals surface area contributed by atoms with Crippen molar-refractivity contribution in [1.29, 1.82) is 0 Å². The van der Waals surface area contributed by atoms with Gasteiger partial charge in [0.05, 0.1) is 6.10 Å². The second kappa shape index (κ2) is 6.30. The lowest BCUT2D eigenvalue weighted by Gasteiger charge is -2.30. The Kier molecular flexibility index (Phi) is 4.90. The molecule has 0 aromatic heterocycles. The Morgan fingerprint density at radius 3 is 2.40 bits per heavy atom. The van der Waals surface area contributed by atoms with Gasteiger partial charge in [0.15, 0.2) is 0 Å². The van der Waals surface area contributed by atoms with Crippen molar-refractivity contribution in [2.75, 3.05) is 0 Å². The van der Waals surface area contributed by atoms with Crippen molar-refractivity contribution in [3.63, 3.8) is 0 Å². The van der Waals surface area contributed by atoms with E-state index in [4.69, 9.17) is 0 Å². The summed E-state index contributed by atoms with van der Waals surface area (Å²) in [6.07, 6.45) is 5.67. The van der Waals surface area contributed by atoms with Gasteiger partial charge >= 0.3 is 0 Å². The van der Waals surface area contributed by atoms with E-state index in [2.05, 4.69) is 52.0 Å². The molecule has 0 radical (unpaired) electrons. The van der Waals surface area contributed by atoms with Gasteiger partial charge in [0.25, 0.3) is 0 Å². The summed E-state index contributed by atoms with van der Waals surface area (Å²) < 4.78 is 0. The molecule has 0 amide bonds. The van der Waals surface area contributed by atoms with Gasteiger partial charge in [0.2, 0.25) is 0 Å². The van der Waals surface area contributed by atoms with Crippen molar-refractivity contribution in [2.45, 2.75) is 71.8 Å². The van der Waals surface area contributed by atoms with Crippen LogP contribution in [0.1, 0.15) is 82.9 Å². The maximum atomic E-state index is 10.6. The summed E-state index contributed by atoms with van der Waals surface area (Å²) in [5, 5.41) is 10.6. The highest BCUT2D eigenvalue weighted by molar-refractivity contribution is 5.33. The second-order valence-electron chi connectivity index (χ2n) is 7.88. The van der Waals surface area contributed by atoms with Gasteiger partial charge in [-0.2, -0.15) is 0 Å². The van der Waals surface area contributed by atoms with Crippen LogP contribution in [-0.2, 0) is 0 Å². The third-order valence-corrected chi connectivity index (χ3v) is 4.49. The molecular weight excluding hydrogens is 244 g/mol. The standard InChI is InChI=1S/C19H30O/c1-14(13-19(2,3)4)12-18(20)17-11-6-5-10-16(17)15-8-7-9-15/h5-6,10-11,14-15,18,20H,7-9,12-13H2,1-4H3. The lowest BCUT2D eigenvalue weighted by Crippen LogP contribution is -2.16. The van der Waals surface area contributed by atoms with Gasteiger partial charge in [0, 0.05) is 0 Å². The molecular formula is C19H30O. The molecule has 112 valence electrons. The Labute approximate surface area is 124 Å². The average Bonchev–Trinajstić information content (AvgIpc) is 2.24. The zero-order valence-corrected chi connectivity index (χ0v) is 13.5. The van der Waals surface area contributed by atoms with E-state index in [1.165, 1.54) is 30.4 Å². The van der Waals surface area contributed by atoms with Crippen molar-refractivity contribution < 1.29 is 5.11 Å². The summed E-state index contributed by atoms with van der Waals surface area (Å²) in [5.41, 5.74) is 2.92. The average molecular weight is 274 g/mol. The number of aliphatic hydroxyl groups excluding tert-OH is 1. The topological polar surface area (TPSA) is 20.2 Å². The van der Waals surface area contributed by atoms with E-state index in [9.17, 15) is 5.11 Å². The van der Waals surface area contributed by atoms with E-state index in [1.54, 1.807) is 0 Å². The summed E-state index contributed by atoms with van der Waals surface area (Å²) in [5.74, 6) is 1.25. The van der Waals surface area contributed by atoms with E-state index >= 15 is 0 Å². The fourth-order valence-electron chi connectivity index (χ4n) is 3.54. The Hall–Kier alpha value is -0.820. The zero-order chi connectivity index (χ0) is 14.8. The lowest BCUT2D eigenvalue weighted by molar-refractivity contribution is 0.132. The zero-order valence-electron chi connectivity index (χ0n) is 13.5. The first-order valence-corrected chi connectivity index (χ1v) is 8.14. The maximum absolute atomic E-state index is 10.6. The first-order valence-electron chi connectivity index (χ1n) is 8.14. The van der Waals surface area contributed by atoms with E-state index in [-0.39, 0.29) is 6.10 Å². The smallest absolute Gasteiger partial charge is 0.0795 e. The SMILES string of the molecule is CC(CC(O)c1ccccc1C1CCC1)CC(C)(C)C. The quantitative estimate of drug-likeness (QED) is 0.757. The molecule has 0 saturated heterocycles. The van der Waals surface area contributed by atoms with Gasteiger partial charge in [-0.3, -0.25) is 0 Å². The number of aliphatic hydroxyl groups is 1. The van der Waals surface area contributed by atoms with E-state index in [1.807, 2.05) is 0 Å². The molecule has 20 heavy (non-hydrogen) atoms. The van der Waals surface area contributed by atoms with Gasteiger partial charge in [-0.05, 0) is 54.1 Å². The molecule has 1 N–H and O–H groups in total. The van der Waals surface area contributed by atoms with Gasteiger partial charge < -0.3 is 5.11 Å². The van der Waals surface area contributed by atoms with E-state index in [0.29, 0.717) is 17.3 Å². The number of hydrogen-bond acceptors (Lipinski definition) is 1. The fraction of sp³-hybridized carbons (Fsp3) is 0.684. The largest absolute Gasteiger partial charge is 0.388 e. The molecule has 1 fully saturated rings. The molecule has 0 bridgehead atoms. The minimum Gasteiger partial charge on any atom is -0.388 e. The molecule has 1 saturated carbocycles. The summed E-state index contributed by atoms with van der Waals surface area (Å²) in [6, 6.07) is 8.52. The summed E-state index contributed by atoms with van der Waals surface area (Å²) in [7, 11) is 0. The molecule has 2 unspecified atom stereocenters. The highest BCUT2D eigenvalue weighted by Gasteiger charge is 2.25. The van der Waals surface area contributed by atoms with Crippen LogP contribution in [0, 0.1) is 11.3 Å². The van der Waals surface area contributed by atoms with Crippen molar-refractivity contribution in [1.82, 2.24) is 0 Å². The molecule has 0 spiro atoms. The summed E-state index contributed by atoms with van der Waals surface area (Å²) >= 11 is 0. The second-order valence-corrected chi connectivity index (χ2v) is 7.88. The Balaban J connectivity index is 2.03. The van der Waals surface area contributed by atoms with Gasteiger partial charge in [-0.25, -0.2) is 0 Å². The molecule has 1 heteroatoms. The number of benzene rings is 1. The molecule has 1 aromatic carbocycles. The van der Waals surface area contributed by atoms with Crippen LogP contribution in [0.4, 0.5) is 0 Å². The predicted molar refractivity (Wildman–Crippen MR) is 85.8 cm³/mol. The lowest BCUT2D eigenvalue weighted by atomic mass is 9.76. The Morgan fingerprint density at radius 1 is 1.20 bits per heavy atom. The minimum absolute atomic E-state index is 0.302. The van der Waals surface area contributed by atoms with Crippen molar-refractivity contribution >= 4 is 0 Å². The first kappa shape index (κ1) is 15.6.